The maximum absolute atomic E-state index is 6.21. The standard InChI is InChI=1S/C26H38N2O3/c1-7-28(8-2)13-14-31-25-17-23-19(15-24(25)30-6)11-12-27-26(23)21-10-9-20(29-5)16-22(21)18(3)4/h9-10,15-18,26-27H,7-8,11-14H2,1-6H3. The lowest BCUT2D eigenvalue weighted by Crippen LogP contribution is -2.31. The Bertz CT molecular complexity index is 862. The Morgan fingerprint density at radius 2 is 1.77 bits per heavy atom. The summed E-state index contributed by atoms with van der Waals surface area (Å²) in [5.74, 6) is 2.94. The van der Waals surface area contributed by atoms with Gasteiger partial charge in [0, 0.05) is 13.1 Å². The minimum absolute atomic E-state index is 0.128. The molecular weight excluding hydrogens is 388 g/mol. The minimum Gasteiger partial charge on any atom is -0.497 e. The predicted molar refractivity (Wildman–Crippen MR) is 127 cm³/mol. The van der Waals surface area contributed by atoms with Crippen LogP contribution >= 0.6 is 0 Å². The van der Waals surface area contributed by atoms with Crippen LogP contribution in [0.25, 0.3) is 0 Å². The Hall–Kier alpha value is -2.24. The van der Waals surface area contributed by atoms with E-state index in [-0.39, 0.29) is 6.04 Å². The van der Waals surface area contributed by atoms with E-state index < -0.39 is 0 Å². The van der Waals surface area contributed by atoms with Crippen molar-refractivity contribution in [2.24, 2.45) is 0 Å². The molecule has 2 aromatic rings. The molecule has 170 valence electrons. The van der Waals surface area contributed by atoms with Crippen LogP contribution in [0.2, 0.25) is 0 Å². The average Bonchev–Trinajstić information content (AvgIpc) is 2.80. The van der Waals surface area contributed by atoms with E-state index >= 15 is 0 Å². The molecule has 31 heavy (non-hydrogen) atoms. The van der Waals surface area contributed by atoms with Crippen LogP contribution in [0.1, 0.15) is 61.9 Å². The monoisotopic (exact) mass is 426 g/mol. The SMILES string of the molecule is CCN(CC)CCOc1cc2c(cc1OC)CCNC2c1ccc(OC)cc1C(C)C. The number of fused-ring (bicyclic) bond motifs is 1. The number of nitrogens with one attached hydrogen (secondary N) is 1. The van der Waals surface area contributed by atoms with Crippen LogP contribution in [-0.2, 0) is 6.42 Å². The zero-order chi connectivity index (χ0) is 22.4. The van der Waals surface area contributed by atoms with Crippen molar-refractivity contribution in [3.05, 3.63) is 52.6 Å². The van der Waals surface area contributed by atoms with Crippen molar-refractivity contribution in [2.45, 2.75) is 46.1 Å². The van der Waals surface area contributed by atoms with Gasteiger partial charge in [0.05, 0.1) is 20.3 Å². The Kier molecular flexibility index (Phi) is 8.22. The summed E-state index contributed by atoms with van der Waals surface area (Å²) < 4.78 is 17.4. The molecule has 5 nitrogen and oxygen atoms in total. The lowest BCUT2D eigenvalue weighted by Gasteiger charge is -2.31. The molecule has 0 aliphatic carbocycles. The Morgan fingerprint density at radius 1 is 1.00 bits per heavy atom. The van der Waals surface area contributed by atoms with Crippen LogP contribution in [0.4, 0.5) is 0 Å². The topological polar surface area (TPSA) is 43.0 Å². The van der Waals surface area contributed by atoms with Crippen LogP contribution in [-0.4, -0.2) is 51.9 Å². The lowest BCUT2D eigenvalue weighted by molar-refractivity contribution is 0.217. The number of rotatable bonds is 10. The third kappa shape index (κ3) is 5.34. The summed E-state index contributed by atoms with van der Waals surface area (Å²) in [7, 11) is 3.44. The number of ether oxygens (including phenoxy) is 3. The molecule has 2 aromatic carbocycles. The minimum atomic E-state index is 0.128. The summed E-state index contributed by atoms with van der Waals surface area (Å²) in [5.41, 5.74) is 5.21. The van der Waals surface area contributed by atoms with Gasteiger partial charge in [-0.1, -0.05) is 33.8 Å². The van der Waals surface area contributed by atoms with Gasteiger partial charge in [-0.15, -0.1) is 0 Å². The van der Waals surface area contributed by atoms with Crippen molar-refractivity contribution in [3.63, 3.8) is 0 Å². The van der Waals surface area contributed by atoms with E-state index in [2.05, 4.69) is 68.2 Å². The Morgan fingerprint density at radius 3 is 2.42 bits per heavy atom. The second kappa shape index (κ2) is 10.9. The highest BCUT2D eigenvalue weighted by molar-refractivity contribution is 5.53. The molecule has 0 spiro atoms. The summed E-state index contributed by atoms with van der Waals surface area (Å²) in [6, 6.07) is 10.9. The van der Waals surface area contributed by atoms with Crippen LogP contribution < -0.4 is 19.5 Å². The van der Waals surface area contributed by atoms with Gasteiger partial charge in [0.2, 0.25) is 0 Å². The second-order valence-electron chi connectivity index (χ2n) is 8.36. The number of benzene rings is 2. The molecular formula is C26H38N2O3. The number of hydrogen-bond donors (Lipinski definition) is 1. The molecule has 0 saturated carbocycles. The van der Waals surface area contributed by atoms with E-state index in [0.29, 0.717) is 12.5 Å². The highest BCUT2D eigenvalue weighted by Gasteiger charge is 2.26. The third-order valence-electron chi connectivity index (χ3n) is 6.27. The molecule has 0 aromatic heterocycles. The van der Waals surface area contributed by atoms with Crippen molar-refractivity contribution in [3.8, 4) is 17.2 Å². The quantitative estimate of drug-likeness (QED) is 0.592. The van der Waals surface area contributed by atoms with Crippen LogP contribution in [0.5, 0.6) is 17.2 Å². The highest BCUT2D eigenvalue weighted by atomic mass is 16.5. The molecule has 3 rings (SSSR count). The van der Waals surface area contributed by atoms with Gasteiger partial charge in [-0.3, -0.25) is 0 Å². The normalized spacial score (nSPS) is 15.8. The molecule has 1 aliphatic rings. The number of likely N-dealkylation sites (N-methyl/N-ethyl adjacent to an activating group) is 1. The fourth-order valence-electron chi connectivity index (χ4n) is 4.38. The first-order valence-electron chi connectivity index (χ1n) is 11.5. The van der Waals surface area contributed by atoms with E-state index in [1.807, 2.05) is 0 Å². The van der Waals surface area contributed by atoms with Gasteiger partial charge in [0.15, 0.2) is 11.5 Å². The molecule has 0 saturated heterocycles. The van der Waals surface area contributed by atoms with Crippen molar-refractivity contribution in [1.82, 2.24) is 10.2 Å². The van der Waals surface area contributed by atoms with Crippen molar-refractivity contribution < 1.29 is 14.2 Å². The molecule has 1 N–H and O–H groups in total. The number of hydrogen-bond acceptors (Lipinski definition) is 5. The highest BCUT2D eigenvalue weighted by Crippen LogP contribution is 2.40. The molecule has 1 atom stereocenters. The summed E-state index contributed by atoms with van der Waals surface area (Å²) >= 11 is 0. The van der Waals surface area contributed by atoms with Gasteiger partial charge < -0.3 is 24.4 Å². The summed E-state index contributed by atoms with van der Waals surface area (Å²) in [5, 5.41) is 3.74. The first-order valence-corrected chi connectivity index (χ1v) is 11.5. The zero-order valence-electron chi connectivity index (χ0n) is 20.0. The molecule has 5 heteroatoms. The van der Waals surface area contributed by atoms with Crippen LogP contribution in [0.15, 0.2) is 30.3 Å². The van der Waals surface area contributed by atoms with Crippen LogP contribution in [0, 0.1) is 0 Å². The van der Waals surface area contributed by atoms with Gasteiger partial charge >= 0.3 is 0 Å². The summed E-state index contributed by atoms with van der Waals surface area (Å²) in [6.45, 7) is 13.4. The molecule has 1 unspecified atom stereocenters. The molecule has 0 fully saturated rings. The zero-order valence-corrected chi connectivity index (χ0v) is 20.0. The molecule has 1 aliphatic heterocycles. The van der Waals surface area contributed by atoms with Gasteiger partial charge in [0.25, 0.3) is 0 Å². The Labute approximate surface area is 187 Å². The average molecular weight is 427 g/mol. The van der Waals surface area contributed by atoms with Gasteiger partial charge in [-0.2, -0.15) is 0 Å². The van der Waals surface area contributed by atoms with E-state index in [1.54, 1.807) is 14.2 Å². The van der Waals surface area contributed by atoms with Crippen molar-refractivity contribution in [1.29, 1.82) is 0 Å². The largest absolute Gasteiger partial charge is 0.497 e. The van der Waals surface area contributed by atoms with Gasteiger partial charge in [0.1, 0.15) is 12.4 Å². The first kappa shape index (κ1) is 23.4. The van der Waals surface area contributed by atoms with Gasteiger partial charge in [-0.05, 0) is 71.9 Å². The predicted octanol–water partition coefficient (Wildman–Crippen LogP) is 4.78. The first-order chi connectivity index (χ1) is 15.0. The van der Waals surface area contributed by atoms with E-state index in [4.69, 9.17) is 14.2 Å². The van der Waals surface area contributed by atoms with Crippen molar-refractivity contribution in [2.75, 3.05) is 47.0 Å². The second-order valence-corrected chi connectivity index (χ2v) is 8.36. The number of nitrogens with zero attached hydrogens (tertiary/aromatic N) is 1. The van der Waals surface area contributed by atoms with Crippen molar-refractivity contribution >= 4 is 0 Å². The third-order valence-corrected chi connectivity index (χ3v) is 6.27. The summed E-state index contributed by atoms with van der Waals surface area (Å²) in [6.07, 6.45) is 0.981. The number of methoxy groups -OCH3 is 2. The maximum atomic E-state index is 6.21. The van der Waals surface area contributed by atoms with Gasteiger partial charge in [-0.25, -0.2) is 0 Å². The van der Waals surface area contributed by atoms with E-state index in [1.165, 1.54) is 22.3 Å². The maximum Gasteiger partial charge on any atom is 0.161 e. The molecule has 0 radical (unpaired) electrons. The van der Waals surface area contributed by atoms with E-state index in [9.17, 15) is 0 Å². The molecule has 0 amide bonds. The Balaban J connectivity index is 1.95. The fraction of sp³-hybridized carbons (Fsp3) is 0.538. The smallest absolute Gasteiger partial charge is 0.161 e. The summed E-state index contributed by atoms with van der Waals surface area (Å²) in [4.78, 5) is 2.36. The lowest BCUT2D eigenvalue weighted by atomic mass is 9.84. The molecule has 0 bridgehead atoms. The van der Waals surface area contributed by atoms with Crippen LogP contribution in [0.3, 0.4) is 0 Å². The van der Waals surface area contributed by atoms with E-state index in [0.717, 1.165) is 49.8 Å². The fourth-order valence-corrected chi connectivity index (χ4v) is 4.38. The molecule has 1 heterocycles.